The van der Waals surface area contributed by atoms with Crippen molar-refractivity contribution < 1.29 is 14.2 Å². The Hall–Kier alpha value is -2.98. The van der Waals surface area contributed by atoms with Gasteiger partial charge in [-0.15, -0.1) is 0 Å². The molecule has 3 rings (SSSR count). The molecule has 2 aromatic rings. The molecular weight excluding hydrogens is 398 g/mol. The molecule has 29 heavy (non-hydrogen) atoms. The van der Waals surface area contributed by atoms with Crippen molar-refractivity contribution in [1.82, 2.24) is 25.3 Å². The van der Waals surface area contributed by atoms with Gasteiger partial charge in [0.15, 0.2) is 0 Å². The van der Waals surface area contributed by atoms with E-state index in [1.165, 1.54) is 6.33 Å². The van der Waals surface area contributed by atoms with Crippen LogP contribution in [0.1, 0.15) is 5.56 Å². The molecule has 1 fully saturated rings. The molecule has 0 spiro atoms. The van der Waals surface area contributed by atoms with Crippen molar-refractivity contribution in [2.24, 2.45) is 10.1 Å². The van der Waals surface area contributed by atoms with Crippen molar-refractivity contribution in [3.63, 3.8) is 0 Å². The second-order valence-corrected chi connectivity index (χ2v) is 6.47. The average Bonchev–Trinajstić information content (AvgIpc) is 2.70. The Morgan fingerprint density at radius 2 is 2.14 bits per heavy atom. The average molecular weight is 420 g/mol. The molecule has 0 saturated carbocycles. The van der Waals surface area contributed by atoms with Crippen molar-refractivity contribution in [2.75, 3.05) is 33.9 Å². The molecule has 0 atom stereocenters. The van der Waals surface area contributed by atoms with E-state index in [0.29, 0.717) is 53.8 Å². The maximum Gasteiger partial charge on any atom is 0.221 e. The highest BCUT2D eigenvalue weighted by Gasteiger charge is 2.32. The molecule has 1 aliphatic rings. The van der Waals surface area contributed by atoms with E-state index in [4.69, 9.17) is 25.8 Å². The summed E-state index contributed by atoms with van der Waals surface area (Å²) in [7, 11) is 3.17. The van der Waals surface area contributed by atoms with Gasteiger partial charge >= 0.3 is 0 Å². The minimum Gasteiger partial charge on any atom is -0.481 e. The molecule has 10 nitrogen and oxygen atoms in total. The number of nitrogens with zero attached hydrogens (tertiary/aromatic N) is 6. The Kier molecular flexibility index (Phi) is 7.14. The van der Waals surface area contributed by atoms with Gasteiger partial charge in [-0.3, -0.25) is 0 Å². The van der Waals surface area contributed by atoms with E-state index in [1.54, 1.807) is 32.7 Å². The first-order chi connectivity index (χ1) is 14.1. The minimum atomic E-state index is -0.0522. The molecule has 0 bridgehead atoms. The number of likely N-dealkylation sites (tertiary alicyclic amines) is 1. The van der Waals surface area contributed by atoms with Crippen LogP contribution in [0.5, 0.6) is 11.8 Å². The normalized spacial score (nSPS) is 14.8. The largest absolute Gasteiger partial charge is 0.481 e. The number of hydrogen-bond acceptors (Lipinski definition) is 8. The number of aliphatic imine (C=N–C) groups is 1. The zero-order valence-electron chi connectivity index (χ0n) is 16.4. The highest BCUT2D eigenvalue weighted by molar-refractivity contribution is 6.30. The number of pyridine rings is 1. The van der Waals surface area contributed by atoms with Crippen LogP contribution in [0.25, 0.3) is 0 Å². The molecule has 1 saturated heterocycles. The van der Waals surface area contributed by atoms with Crippen LogP contribution in [-0.4, -0.2) is 72.0 Å². The highest BCUT2D eigenvalue weighted by atomic mass is 35.5. The summed E-state index contributed by atoms with van der Waals surface area (Å²) in [5.41, 5.74) is 4.32. The lowest BCUT2D eigenvalue weighted by atomic mass is 10.2. The number of guanidine groups is 1. The number of nitrogens with one attached hydrogen (secondary N) is 1. The third kappa shape index (κ3) is 5.52. The quantitative estimate of drug-likeness (QED) is 0.313. The van der Waals surface area contributed by atoms with E-state index in [2.05, 4.69) is 30.5 Å². The molecular formula is C18H22ClN7O3. The fraction of sp³-hybridized carbons (Fsp3) is 0.389. The number of aromatic nitrogens is 3. The molecule has 2 aromatic heterocycles. The van der Waals surface area contributed by atoms with Crippen molar-refractivity contribution >= 4 is 29.5 Å². The number of ether oxygens (including phenoxy) is 3. The summed E-state index contributed by atoms with van der Waals surface area (Å²) < 4.78 is 16.0. The van der Waals surface area contributed by atoms with Crippen molar-refractivity contribution in [3.05, 3.63) is 35.4 Å². The Balaban J connectivity index is 1.66. The predicted molar refractivity (Wildman–Crippen MR) is 109 cm³/mol. The highest BCUT2D eigenvalue weighted by Crippen LogP contribution is 2.24. The molecule has 154 valence electrons. The van der Waals surface area contributed by atoms with E-state index >= 15 is 0 Å². The van der Waals surface area contributed by atoms with Crippen molar-refractivity contribution in [1.29, 1.82) is 0 Å². The van der Waals surface area contributed by atoms with Crippen LogP contribution in [0, 0.1) is 6.92 Å². The lowest BCUT2D eigenvalue weighted by Gasteiger charge is -2.40. The van der Waals surface area contributed by atoms with Crippen molar-refractivity contribution in [2.45, 2.75) is 13.0 Å². The first-order valence-corrected chi connectivity index (χ1v) is 9.22. The van der Waals surface area contributed by atoms with E-state index in [-0.39, 0.29) is 6.10 Å². The topological polar surface area (TPSA) is 106 Å². The van der Waals surface area contributed by atoms with Gasteiger partial charge in [0.05, 0.1) is 44.9 Å². The third-order valence-corrected chi connectivity index (χ3v) is 4.45. The van der Waals surface area contributed by atoms with Gasteiger partial charge in [0.25, 0.3) is 0 Å². The Morgan fingerprint density at radius 3 is 2.83 bits per heavy atom. The summed E-state index contributed by atoms with van der Waals surface area (Å²) in [4.78, 5) is 18.8. The molecule has 0 unspecified atom stereocenters. The lowest BCUT2D eigenvalue weighted by Crippen LogP contribution is -2.58. The summed E-state index contributed by atoms with van der Waals surface area (Å²) in [5.74, 6) is 1.58. The van der Waals surface area contributed by atoms with Gasteiger partial charge in [-0.05, 0) is 13.0 Å². The smallest absolute Gasteiger partial charge is 0.221 e. The zero-order valence-corrected chi connectivity index (χ0v) is 17.1. The number of halogens is 1. The minimum absolute atomic E-state index is 0.0522. The summed E-state index contributed by atoms with van der Waals surface area (Å²) >= 11 is 6.02. The number of hydrazone groups is 1. The van der Waals surface area contributed by atoms with Gasteiger partial charge in [0.2, 0.25) is 17.7 Å². The fourth-order valence-electron chi connectivity index (χ4n) is 2.44. The van der Waals surface area contributed by atoms with Crippen LogP contribution in [0.3, 0.4) is 0 Å². The van der Waals surface area contributed by atoms with Gasteiger partial charge in [-0.25, -0.2) is 25.4 Å². The van der Waals surface area contributed by atoms with Gasteiger partial charge in [0.1, 0.15) is 17.6 Å². The second kappa shape index (κ2) is 9.99. The number of hydrogen-bond donors (Lipinski definition) is 1. The molecule has 0 amide bonds. The maximum atomic E-state index is 6.02. The van der Waals surface area contributed by atoms with E-state index in [1.807, 2.05) is 17.9 Å². The Labute approximate surface area is 173 Å². The maximum absolute atomic E-state index is 6.02. The summed E-state index contributed by atoms with van der Waals surface area (Å²) in [6.07, 6.45) is 4.57. The van der Waals surface area contributed by atoms with E-state index < -0.39 is 0 Å². The Morgan fingerprint density at radius 1 is 1.31 bits per heavy atom. The van der Waals surface area contributed by atoms with Crippen LogP contribution in [0.2, 0.25) is 5.15 Å². The Bertz CT molecular complexity index is 870. The van der Waals surface area contributed by atoms with Crippen LogP contribution in [0.15, 0.2) is 34.8 Å². The van der Waals surface area contributed by atoms with Crippen LogP contribution in [0.4, 0.5) is 5.69 Å². The van der Waals surface area contributed by atoms with Gasteiger partial charge in [-0.2, -0.15) is 5.10 Å². The fourth-order valence-corrected chi connectivity index (χ4v) is 2.56. The summed E-state index contributed by atoms with van der Waals surface area (Å²) in [6, 6.07) is 3.56. The lowest BCUT2D eigenvalue weighted by molar-refractivity contribution is 0.0607. The molecule has 0 aliphatic carbocycles. The third-order valence-electron chi connectivity index (χ3n) is 4.06. The molecule has 1 aliphatic heterocycles. The summed E-state index contributed by atoms with van der Waals surface area (Å²) in [5, 5.41) is 4.52. The SMILES string of the molecule is COC/C=N/NC(=Nc1ccc(OC)nc1)N1CC(Oc2ncnc(Cl)c2C)C1. The van der Waals surface area contributed by atoms with Crippen molar-refractivity contribution in [3.8, 4) is 11.8 Å². The molecule has 0 radical (unpaired) electrons. The molecule has 0 aromatic carbocycles. The van der Waals surface area contributed by atoms with Gasteiger partial charge in [0, 0.05) is 18.7 Å². The van der Waals surface area contributed by atoms with Crippen LogP contribution >= 0.6 is 11.6 Å². The standard InChI is InChI=1S/C18H22ClN7O3/c1-12-16(19)21-11-22-17(12)29-14-9-26(10-14)18(25-23-6-7-27-2)24-13-4-5-15(28-3)20-8-13/h4-6,8,11,14H,7,9-10H2,1-3H3,(H,24,25)/b23-6+. The first kappa shape index (κ1) is 20.7. The number of rotatable bonds is 7. The molecule has 1 N–H and O–H groups in total. The predicted octanol–water partition coefficient (Wildman–Crippen LogP) is 1.81. The zero-order chi connectivity index (χ0) is 20.6. The van der Waals surface area contributed by atoms with Crippen LogP contribution < -0.4 is 14.9 Å². The summed E-state index contributed by atoms with van der Waals surface area (Å²) in [6.45, 7) is 3.43. The first-order valence-electron chi connectivity index (χ1n) is 8.84. The number of methoxy groups -OCH3 is 2. The monoisotopic (exact) mass is 419 g/mol. The van der Waals surface area contributed by atoms with Crippen LogP contribution in [-0.2, 0) is 4.74 Å². The van der Waals surface area contributed by atoms with Gasteiger partial charge in [-0.1, -0.05) is 11.6 Å². The second-order valence-electron chi connectivity index (χ2n) is 6.11. The van der Waals surface area contributed by atoms with E-state index in [0.717, 1.165) is 0 Å². The van der Waals surface area contributed by atoms with E-state index in [9.17, 15) is 0 Å². The van der Waals surface area contributed by atoms with Gasteiger partial charge < -0.3 is 19.1 Å². The molecule has 11 heteroatoms. The molecule has 3 heterocycles.